The number of nitrogens with zero attached hydrogens (tertiary/aromatic N) is 2. The van der Waals surface area contributed by atoms with Crippen molar-refractivity contribution in [3.8, 4) is 0 Å². The van der Waals surface area contributed by atoms with Crippen molar-refractivity contribution in [2.45, 2.75) is 31.9 Å². The van der Waals surface area contributed by atoms with Crippen LogP contribution in [0.4, 0.5) is 4.79 Å². The molecule has 2 rings (SSSR count). The second-order valence-electron chi connectivity index (χ2n) is 5.65. The third-order valence-electron chi connectivity index (χ3n) is 3.29. The number of hydrogen-bond acceptors (Lipinski definition) is 4. The van der Waals surface area contributed by atoms with Gasteiger partial charge < -0.3 is 25.0 Å². The fourth-order valence-electron chi connectivity index (χ4n) is 2.25. The zero-order valence-electron chi connectivity index (χ0n) is 12.1. The molecule has 1 saturated heterocycles. The highest BCUT2D eigenvalue weighted by Gasteiger charge is 2.31. The molecule has 1 aromatic heterocycles. The number of urea groups is 1. The molecule has 0 bridgehead atoms. The van der Waals surface area contributed by atoms with Crippen LogP contribution in [0, 0.1) is 0 Å². The predicted molar refractivity (Wildman–Crippen MR) is 73.9 cm³/mol. The monoisotopic (exact) mass is 296 g/mol. The number of rotatable bonds is 4. The van der Waals surface area contributed by atoms with E-state index in [9.17, 15) is 14.7 Å². The molecule has 0 unspecified atom stereocenters. The van der Waals surface area contributed by atoms with Gasteiger partial charge in [0.05, 0.1) is 25.1 Å². The number of hydrogen-bond donors (Lipinski definition) is 3. The number of aromatic amines is 1. The summed E-state index contributed by atoms with van der Waals surface area (Å²) in [5.74, 6) is -1.08. The molecule has 0 aromatic carbocycles. The number of aromatic nitrogens is 2. The second-order valence-corrected chi connectivity index (χ2v) is 5.65. The summed E-state index contributed by atoms with van der Waals surface area (Å²) in [6, 6.07) is -1.39. The largest absolute Gasteiger partial charge is 0.480 e. The molecule has 2 heterocycles. The van der Waals surface area contributed by atoms with Crippen LogP contribution < -0.4 is 5.32 Å². The van der Waals surface area contributed by atoms with Gasteiger partial charge in [-0.25, -0.2) is 14.6 Å². The minimum Gasteiger partial charge on any atom is -0.480 e. The smallest absolute Gasteiger partial charge is 0.326 e. The fourth-order valence-corrected chi connectivity index (χ4v) is 2.25. The van der Waals surface area contributed by atoms with Gasteiger partial charge in [-0.15, -0.1) is 0 Å². The first kappa shape index (κ1) is 15.3. The number of carboxylic acids is 1. The van der Waals surface area contributed by atoms with E-state index in [-0.39, 0.29) is 6.42 Å². The molecule has 1 aliphatic heterocycles. The topological polar surface area (TPSA) is 108 Å². The first-order chi connectivity index (χ1) is 9.87. The van der Waals surface area contributed by atoms with E-state index in [0.29, 0.717) is 25.4 Å². The van der Waals surface area contributed by atoms with Gasteiger partial charge in [0.15, 0.2) is 0 Å². The number of nitrogens with one attached hydrogen (secondary N) is 2. The number of morpholine rings is 1. The zero-order chi connectivity index (χ0) is 15.5. The van der Waals surface area contributed by atoms with Crippen molar-refractivity contribution in [1.29, 1.82) is 0 Å². The quantitative estimate of drug-likeness (QED) is 0.737. The molecule has 21 heavy (non-hydrogen) atoms. The Morgan fingerprint density at radius 1 is 1.62 bits per heavy atom. The molecule has 0 saturated carbocycles. The molecule has 0 radical (unpaired) electrons. The van der Waals surface area contributed by atoms with Crippen LogP contribution in [0.1, 0.15) is 19.5 Å². The van der Waals surface area contributed by atoms with Gasteiger partial charge in [0.2, 0.25) is 0 Å². The summed E-state index contributed by atoms with van der Waals surface area (Å²) >= 11 is 0. The molecule has 8 heteroatoms. The highest BCUT2D eigenvalue weighted by Crippen LogP contribution is 2.16. The maximum atomic E-state index is 12.2. The highest BCUT2D eigenvalue weighted by molar-refractivity contribution is 5.82. The van der Waals surface area contributed by atoms with Crippen LogP contribution in [0.5, 0.6) is 0 Å². The van der Waals surface area contributed by atoms with E-state index in [0.717, 1.165) is 0 Å². The number of H-pyrrole nitrogens is 1. The van der Waals surface area contributed by atoms with Crippen molar-refractivity contribution in [3.05, 3.63) is 18.2 Å². The van der Waals surface area contributed by atoms with Crippen LogP contribution in [0.15, 0.2) is 12.5 Å². The van der Waals surface area contributed by atoms with Gasteiger partial charge in [0, 0.05) is 24.9 Å². The summed E-state index contributed by atoms with van der Waals surface area (Å²) in [5.41, 5.74) is 0.238. The first-order valence-electron chi connectivity index (χ1n) is 6.77. The molecule has 1 atom stereocenters. The Balaban J connectivity index is 1.96. The first-order valence-corrected chi connectivity index (χ1v) is 6.77. The molecule has 2 amide bonds. The van der Waals surface area contributed by atoms with Gasteiger partial charge in [-0.05, 0) is 13.8 Å². The van der Waals surface area contributed by atoms with E-state index >= 15 is 0 Å². The van der Waals surface area contributed by atoms with E-state index in [2.05, 4.69) is 15.3 Å². The van der Waals surface area contributed by atoms with Gasteiger partial charge in [0.1, 0.15) is 6.04 Å². The maximum absolute atomic E-state index is 12.2. The fraction of sp³-hybridized carbons (Fsp3) is 0.615. The third kappa shape index (κ3) is 4.19. The Kier molecular flexibility index (Phi) is 4.46. The van der Waals surface area contributed by atoms with E-state index < -0.39 is 23.6 Å². The van der Waals surface area contributed by atoms with E-state index in [1.54, 1.807) is 11.1 Å². The lowest BCUT2D eigenvalue weighted by molar-refractivity contribution is -0.139. The van der Waals surface area contributed by atoms with E-state index in [1.165, 1.54) is 6.33 Å². The number of carboxylic acid groups (broad SMARTS) is 1. The number of aliphatic carboxylic acids is 1. The number of ether oxygens (including phenoxy) is 1. The van der Waals surface area contributed by atoms with Gasteiger partial charge in [-0.2, -0.15) is 0 Å². The van der Waals surface area contributed by atoms with Crippen LogP contribution >= 0.6 is 0 Å². The number of carbonyl (C=O) groups excluding carboxylic acids is 1. The lowest BCUT2D eigenvalue weighted by Crippen LogP contribution is -2.56. The van der Waals surface area contributed by atoms with Crippen LogP contribution in [0.2, 0.25) is 0 Å². The summed E-state index contributed by atoms with van der Waals surface area (Å²) in [5, 5.41) is 11.8. The Morgan fingerprint density at radius 2 is 2.38 bits per heavy atom. The number of carbonyl (C=O) groups is 2. The summed E-state index contributed by atoms with van der Waals surface area (Å²) in [6.45, 7) is 5.11. The lowest BCUT2D eigenvalue weighted by Gasteiger charge is -2.38. The van der Waals surface area contributed by atoms with Crippen molar-refractivity contribution in [1.82, 2.24) is 20.2 Å². The van der Waals surface area contributed by atoms with Gasteiger partial charge in [-0.3, -0.25) is 0 Å². The van der Waals surface area contributed by atoms with Crippen molar-refractivity contribution >= 4 is 12.0 Å². The lowest BCUT2D eigenvalue weighted by atomic mass is 10.1. The Hall–Kier alpha value is -2.09. The van der Waals surface area contributed by atoms with Gasteiger partial charge in [-0.1, -0.05) is 0 Å². The van der Waals surface area contributed by atoms with Gasteiger partial charge in [0.25, 0.3) is 0 Å². The standard InChI is InChI=1S/C13H20N4O4/c1-13(2)7-17(3-4-21-13)12(20)16-10(11(18)19)5-9-6-14-8-15-9/h6,8,10H,3-5,7H2,1-2H3,(H,14,15)(H,16,20)(H,18,19)/t10-/m1/s1. The molecule has 8 nitrogen and oxygen atoms in total. The average Bonchev–Trinajstić information content (AvgIpc) is 2.89. The number of amides is 2. The molecule has 0 spiro atoms. The Morgan fingerprint density at radius 3 is 2.95 bits per heavy atom. The van der Waals surface area contributed by atoms with Crippen molar-refractivity contribution in [3.63, 3.8) is 0 Å². The summed E-state index contributed by atoms with van der Waals surface area (Å²) in [6.07, 6.45) is 3.18. The van der Waals surface area contributed by atoms with Crippen LogP contribution in [-0.2, 0) is 16.0 Å². The normalized spacial score (nSPS) is 19.0. The SMILES string of the molecule is CC1(C)CN(C(=O)N[C@H](Cc2cnc[nH]2)C(=O)O)CCO1. The molecule has 116 valence electrons. The van der Waals surface area contributed by atoms with Crippen LogP contribution in [0.25, 0.3) is 0 Å². The molecule has 0 aliphatic carbocycles. The Bertz CT molecular complexity index is 500. The average molecular weight is 296 g/mol. The van der Waals surface area contributed by atoms with Gasteiger partial charge >= 0.3 is 12.0 Å². The zero-order valence-corrected chi connectivity index (χ0v) is 12.1. The van der Waals surface area contributed by atoms with Crippen LogP contribution in [-0.4, -0.2) is 63.3 Å². The molecule has 1 fully saturated rings. The molecular formula is C13H20N4O4. The molecule has 1 aromatic rings. The second kappa shape index (κ2) is 6.13. The van der Waals surface area contributed by atoms with E-state index in [4.69, 9.17) is 4.74 Å². The van der Waals surface area contributed by atoms with Crippen molar-refractivity contribution < 1.29 is 19.4 Å². The summed E-state index contributed by atoms with van der Waals surface area (Å²) < 4.78 is 5.53. The molecule has 1 aliphatic rings. The van der Waals surface area contributed by atoms with Crippen molar-refractivity contribution in [2.75, 3.05) is 19.7 Å². The Labute approximate surface area is 122 Å². The minimum absolute atomic E-state index is 0.162. The maximum Gasteiger partial charge on any atom is 0.326 e. The minimum atomic E-state index is -1.08. The molecular weight excluding hydrogens is 276 g/mol. The van der Waals surface area contributed by atoms with E-state index in [1.807, 2.05) is 13.8 Å². The summed E-state index contributed by atoms with van der Waals surface area (Å²) in [7, 11) is 0. The predicted octanol–water partition coefficient (Wildman–Crippen LogP) is 0.226. The number of imidazole rings is 1. The third-order valence-corrected chi connectivity index (χ3v) is 3.29. The summed E-state index contributed by atoms with van der Waals surface area (Å²) in [4.78, 5) is 31.7. The van der Waals surface area contributed by atoms with Crippen LogP contribution in [0.3, 0.4) is 0 Å². The van der Waals surface area contributed by atoms with Crippen molar-refractivity contribution in [2.24, 2.45) is 0 Å². The highest BCUT2D eigenvalue weighted by atomic mass is 16.5. The molecule has 3 N–H and O–H groups in total.